The average Bonchev–Trinajstić information content (AvgIpc) is 2.35. The van der Waals surface area contributed by atoms with Crippen molar-refractivity contribution in [3.63, 3.8) is 0 Å². The number of rotatable bonds is 14. The first-order valence-electron chi connectivity index (χ1n) is 7.01. The molecular formula is C13H28O3Sn. The summed E-state index contributed by atoms with van der Waals surface area (Å²) in [5.41, 5.74) is 0. The first-order valence-corrected chi connectivity index (χ1v) is 10.2. The fraction of sp³-hybridized carbons (Fsp3) is 1.00. The van der Waals surface area contributed by atoms with Crippen LogP contribution in [0.15, 0.2) is 0 Å². The second-order valence-electron chi connectivity index (χ2n) is 4.39. The zero-order chi connectivity index (χ0) is 12.6. The van der Waals surface area contributed by atoms with Gasteiger partial charge in [-0.05, 0) is 0 Å². The molecule has 0 spiro atoms. The molecule has 0 N–H and O–H groups in total. The molecular weight excluding hydrogens is 323 g/mol. The van der Waals surface area contributed by atoms with E-state index in [0.29, 0.717) is 0 Å². The van der Waals surface area contributed by atoms with E-state index in [9.17, 15) is 0 Å². The third-order valence-electron chi connectivity index (χ3n) is 2.79. The predicted molar refractivity (Wildman–Crippen MR) is 71.6 cm³/mol. The van der Waals surface area contributed by atoms with Gasteiger partial charge in [0.1, 0.15) is 0 Å². The van der Waals surface area contributed by atoms with Crippen LogP contribution in [0.25, 0.3) is 0 Å². The Morgan fingerprint density at radius 1 is 0.765 bits per heavy atom. The molecule has 0 saturated heterocycles. The summed E-state index contributed by atoms with van der Waals surface area (Å²) < 4.78 is 6.14. The molecule has 0 amide bonds. The quantitative estimate of drug-likeness (QED) is 0.200. The van der Waals surface area contributed by atoms with E-state index in [4.69, 9.17) is 3.22 Å². The molecule has 4 heteroatoms. The van der Waals surface area contributed by atoms with Crippen molar-refractivity contribution in [2.75, 3.05) is 7.11 Å². The van der Waals surface area contributed by atoms with Gasteiger partial charge in [0.2, 0.25) is 0 Å². The molecule has 0 fully saturated rings. The molecule has 0 rings (SSSR count). The van der Waals surface area contributed by atoms with Gasteiger partial charge >= 0.3 is 117 Å². The zero-order valence-electron chi connectivity index (χ0n) is 11.5. The average molecular weight is 351 g/mol. The van der Waals surface area contributed by atoms with Crippen molar-refractivity contribution in [2.45, 2.75) is 75.6 Å². The monoisotopic (exact) mass is 352 g/mol. The molecule has 102 valence electrons. The number of hydrogen-bond acceptors (Lipinski definition) is 3. The van der Waals surface area contributed by atoms with E-state index in [1.54, 1.807) is 0 Å². The Morgan fingerprint density at radius 2 is 1.29 bits per heavy atom. The van der Waals surface area contributed by atoms with Crippen LogP contribution in [0.4, 0.5) is 0 Å². The Kier molecular flexibility index (Phi) is 17.3. The third-order valence-corrected chi connectivity index (χ3v) is 4.92. The molecule has 0 aliphatic heterocycles. The van der Waals surface area contributed by atoms with E-state index in [1.807, 2.05) is 0 Å². The number of unbranched alkanes of at least 4 members (excludes halogenated alkanes) is 9. The molecule has 0 aromatic heterocycles. The van der Waals surface area contributed by atoms with Gasteiger partial charge in [-0.15, -0.1) is 0 Å². The van der Waals surface area contributed by atoms with E-state index in [0.717, 1.165) is 0 Å². The van der Waals surface area contributed by atoms with Gasteiger partial charge in [-0.25, -0.2) is 0 Å². The zero-order valence-corrected chi connectivity index (χ0v) is 14.4. The molecule has 0 aromatic rings. The van der Waals surface area contributed by atoms with E-state index < -0.39 is 21.6 Å². The molecule has 3 nitrogen and oxygen atoms in total. The Labute approximate surface area is 117 Å². The topological polar surface area (TPSA) is 27.7 Å². The first kappa shape index (κ1) is 17.7. The predicted octanol–water partition coefficient (Wildman–Crippen LogP) is 4.45. The van der Waals surface area contributed by atoms with Crippen molar-refractivity contribution in [3.8, 4) is 0 Å². The standard InChI is InChI=1S/C12H25.CH4O3.Sn/c1-3-5-7-9-11-12-10-8-6-4-2;1-3-4-2;/h1,3-12H2,2H3;2H,1H3;/q;;+1/p-1. The van der Waals surface area contributed by atoms with Crippen LogP contribution in [0.1, 0.15) is 71.1 Å². The Hall–Kier alpha value is 0.679. The normalized spacial score (nSPS) is 10.9. The maximum absolute atomic E-state index is 4.91. The first-order chi connectivity index (χ1) is 8.41. The van der Waals surface area contributed by atoms with Gasteiger partial charge in [0, 0.05) is 0 Å². The van der Waals surface area contributed by atoms with Crippen LogP contribution in [0.2, 0.25) is 4.44 Å². The van der Waals surface area contributed by atoms with Crippen molar-refractivity contribution < 1.29 is 13.2 Å². The fourth-order valence-corrected chi connectivity index (χ4v) is 3.48. The molecule has 0 aliphatic rings. The summed E-state index contributed by atoms with van der Waals surface area (Å²) in [4.78, 5) is 4.36. The number of hydrogen-bond donors (Lipinski definition) is 0. The summed E-state index contributed by atoms with van der Waals surface area (Å²) in [6, 6.07) is 0. The van der Waals surface area contributed by atoms with E-state index >= 15 is 0 Å². The van der Waals surface area contributed by atoms with Crippen LogP contribution in [0, 0.1) is 0 Å². The minimum atomic E-state index is -0.754. The summed E-state index contributed by atoms with van der Waals surface area (Å²) in [5, 5.41) is 4.40. The van der Waals surface area contributed by atoms with Crippen LogP contribution in [-0.2, 0) is 13.2 Å². The van der Waals surface area contributed by atoms with Crippen molar-refractivity contribution in [1.82, 2.24) is 0 Å². The van der Waals surface area contributed by atoms with E-state index in [-0.39, 0.29) is 0 Å². The van der Waals surface area contributed by atoms with E-state index in [1.165, 1.54) is 75.8 Å². The molecule has 2 radical (unpaired) electrons. The van der Waals surface area contributed by atoms with Crippen LogP contribution in [-0.4, -0.2) is 28.7 Å². The third kappa shape index (κ3) is 16.7. The van der Waals surface area contributed by atoms with Gasteiger partial charge in [0.25, 0.3) is 0 Å². The van der Waals surface area contributed by atoms with Crippen LogP contribution in [0.5, 0.6) is 0 Å². The molecule has 0 aromatic carbocycles. The Morgan fingerprint density at radius 3 is 1.82 bits per heavy atom. The molecule has 0 bridgehead atoms. The van der Waals surface area contributed by atoms with Gasteiger partial charge in [0.05, 0.1) is 0 Å². The molecule has 0 saturated carbocycles. The molecule has 0 atom stereocenters. The SMILES string of the molecule is CCCCCCCCCCC[CH2][Sn][O]OOC. The fourth-order valence-electron chi connectivity index (χ4n) is 1.78. The molecule has 0 aliphatic carbocycles. The van der Waals surface area contributed by atoms with Crippen molar-refractivity contribution in [2.24, 2.45) is 0 Å². The Balaban J connectivity index is 2.85. The van der Waals surface area contributed by atoms with Crippen LogP contribution in [0.3, 0.4) is 0 Å². The van der Waals surface area contributed by atoms with Crippen molar-refractivity contribution >= 4 is 21.6 Å². The van der Waals surface area contributed by atoms with E-state index in [2.05, 4.69) is 16.8 Å². The van der Waals surface area contributed by atoms with Gasteiger partial charge in [-0.1, -0.05) is 0 Å². The van der Waals surface area contributed by atoms with Crippen molar-refractivity contribution in [1.29, 1.82) is 0 Å². The summed E-state index contributed by atoms with van der Waals surface area (Å²) in [7, 11) is 1.47. The van der Waals surface area contributed by atoms with Gasteiger partial charge in [-0.2, -0.15) is 0 Å². The summed E-state index contributed by atoms with van der Waals surface area (Å²) in [6.07, 6.45) is 13.9. The summed E-state index contributed by atoms with van der Waals surface area (Å²) >= 11 is -0.754. The van der Waals surface area contributed by atoms with Crippen LogP contribution >= 0.6 is 0 Å². The van der Waals surface area contributed by atoms with Crippen molar-refractivity contribution in [3.05, 3.63) is 0 Å². The molecule has 17 heavy (non-hydrogen) atoms. The van der Waals surface area contributed by atoms with Gasteiger partial charge in [-0.3, -0.25) is 0 Å². The van der Waals surface area contributed by atoms with Crippen LogP contribution < -0.4 is 0 Å². The van der Waals surface area contributed by atoms with Gasteiger partial charge < -0.3 is 0 Å². The second kappa shape index (κ2) is 16.7. The molecule has 0 unspecified atom stereocenters. The van der Waals surface area contributed by atoms with Gasteiger partial charge in [0.15, 0.2) is 0 Å². The minimum absolute atomic E-state index is 0.754. The summed E-state index contributed by atoms with van der Waals surface area (Å²) in [5.74, 6) is 0. The molecule has 0 heterocycles. The Bertz CT molecular complexity index is 120. The second-order valence-corrected chi connectivity index (χ2v) is 7.12. The summed E-state index contributed by atoms with van der Waals surface area (Å²) in [6.45, 7) is 2.27. The maximum atomic E-state index is 4.91.